The molecule has 1 amide bonds. The molecule has 6 nitrogen and oxygen atoms in total. The van der Waals surface area contributed by atoms with Gasteiger partial charge >= 0.3 is 6.09 Å². The predicted octanol–water partition coefficient (Wildman–Crippen LogP) is 1.82. The van der Waals surface area contributed by atoms with Crippen LogP contribution in [0.4, 0.5) is 4.79 Å². The van der Waals surface area contributed by atoms with E-state index in [1.54, 1.807) is 17.3 Å². The van der Waals surface area contributed by atoms with Crippen LogP contribution >= 0.6 is 0 Å². The summed E-state index contributed by atoms with van der Waals surface area (Å²) >= 11 is 0. The monoisotopic (exact) mass is 290 g/mol. The molecule has 1 aliphatic heterocycles. The molecular weight excluding hydrogens is 268 g/mol. The lowest BCUT2D eigenvalue weighted by Gasteiger charge is -2.29. The zero-order chi connectivity index (χ0) is 15.3. The van der Waals surface area contributed by atoms with E-state index < -0.39 is 5.60 Å². The summed E-state index contributed by atoms with van der Waals surface area (Å²) in [7, 11) is 0. The van der Waals surface area contributed by atoms with Gasteiger partial charge in [-0.25, -0.2) is 4.79 Å². The number of aliphatic imine (C=N–C) groups is 1. The van der Waals surface area contributed by atoms with E-state index in [1.165, 1.54) is 0 Å². The van der Waals surface area contributed by atoms with Crippen molar-refractivity contribution in [2.75, 3.05) is 19.6 Å². The average molecular weight is 290 g/mol. The summed E-state index contributed by atoms with van der Waals surface area (Å²) in [5.74, 6) is 0.809. The van der Waals surface area contributed by atoms with Gasteiger partial charge in [-0.1, -0.05) is 0 Å². The molecule has 0 spiro atoms. The summed E-state index contributed by atoms with van der Waals surface area (Å²) in [6.45, 7) is 7.92. The van der Waals surface area contributed by atoms with Crippen molar-refractivity contribution in [2.45, 2.75) is 32.9 Å². The van der Waals surface area contributed by atoms with E-state index in [2.05, 4.69) is 15.3 Å². The van der Waals surface area contributed by atoms with Gasteiger partial charge in [0, 0.05) is 25.5 Å². The van der Waals surface area contributed by atoms with Gasteiger partial charge in [0.25, 0.3) is 0 Å². The maximum absolute atomic E-state index is 12.0. The van der Waals surface area contributed by atoms with Gasteiger partial charge in [-0.05, 0) is 38.5 Å². The van der Waals surface area contributed by atoms with Gasteiger partial charge in [-0.3, -0.25) is 14.9 Å². The van der Waals surface area contributed by atoms with E-state index in [0.29, 0.717) is 26.2 Å². The first-order chi connectivity index (χ1) is 9.94. The van der Waals surface area contributed by atoms with Gasteiger partial charge in [0.05, 0.1) is 13.1 Å². The molecule has 6 heteroatoms. The second kappa shape index (κ2) is 6.56. The number of aromatic nitrogens is 1. The quantitative estimate of drug-likeness (QED) is 0.902. The minimum Gasteiger partial charge on any atom is -0.444 e. The Bertz CT molecular complexity index is 508. The Morgan fingerprint density at radius 3 is 2.76 bits per heavy atom. The van der Waals surface area contributed by atoms with Crippen LogP contribution in [0.3, 0.4) is 0 Å². The number of nitrogens with one attached hydrogen (secondary N) is 1. The fourth-order valence-electron chi connectivity index (χ4n) is 1.91. The molecule has 0 bridgehead atoms. The van der Waals surface area contributed by atoms with Gasteiger partial charge in [0.2, 0.25) is 0 Å². The summed E-state index contributed by atoms with van der Waals surface area (Å²) in [6.07, 6.45) is 3.22. The van der Waals surface area contributed by atoms with Crippen molar-refractivity contribution in [2.24, 2.45) is 4.99 Å². The number of rotatable bonds is 2. The van der Waals surface area contributed by atoms with Crippen LogP contribution in [0.25, 0.3) is 0 Å². The molecule has 1 aliphatic rings. The Balaban J connectivity index is 1.86. The lowest BCUT2D eigenvalue weighted by molar-refractivity contribution is 0.0276. The van der Waals surface area contributed by atoms with Crippen LogP contribution in [-0.2, 0) is 11.3 Å². The fraction of sp³-hybridized carbons (Fsp3) is 0.533. The van der Waals surface area contributed by atoms with Crippen molar-refractivity contribution in [1.29, 1.82) is 0 Å². The molecule has 0 unspecified atom stereocenters. The number of nitrogens with zero attached hydrogens (tertiary/aromatic N) is 3. The van der Waals surface area contributed by atoms with Crippen molar-refractivity contribution < 1.29 is 9.53 Å². The summed E-state index contributed by atoms with van der Waals surface area (Å²) in [6, 6.07) is 3.89. The number of carbonyl (C=O) groups is 1. The highest BCUT2D eigenvalue weighted by Crippen LogP contribution is 2.11. The molecule has 0 aromatic carbocycles. The zero-order valence-electron chi connectivity index (χ0n) is 12.8. The van der Waals surface area contributed by atoms with Crippen LogP contribution in [0, 0.1) is 0 Å². The number of amidine groups is 1. The fourth-order valence-corrected chi connectivity index (χ4v) is 1.91. The maximum Gasteiger partial charge on any atom is 0.410 e. The Kier molecular flexibility index (Phi) is 4.77. The molecule has 0 radical (unpaired) electrons. The molecular formula is C15H22N4O2. The number of carbonyl (C=O) groups excluding carboxylic acids is 1. The SMILES string of the molecule is CC(C)(C)OC(=O)N1CCN=C(NCc2ccncc2)C1. The van der Waals surface area contributed by atoms with Crippen molar-refractivity contribution in [3.8, 4) is 0 Å². The number of amides is 1. The maximum atomic E-state index is 12.0. The Morgan fingerprint density at radius 2 is 2.10 bits per heavy atom. The number of ether oxygens (including phenoxy) is 1. The van der Waals surface area contributed by atoms with Crippen LogP contribution in [0.1, 0.15) is 26.3 Å². The number of hydrogen-bond donors (Lipinski definition) is 1. The van der Waals surface area contributed by atoms with Crippen LogP contribution in [0.2, 0.25) is 0 Å². The second-order valence-corrected chi connectivity index (χ2v) is 5.94. The lowest BCUT2D eigenvalue weighted by atomic mass is 10.2. The summed E-state index contributed by atoms with van der Waals surface area (Å²) in [5.41, 5.74) is 0.651. The van der Waals surface area contributed by atoms with Gasteiger partial charge in [0.1, 0.15) is 11.4 Å². The minimum atomic E-state index is -0.476. The van der Waals surface area contributed by atoms with Crippen LogP contribution in [0.15, 0.2) is 29.5 Å². The van der Waals surface area contributed by atoms with Gasteiger partial charge in [-0.15, -0.1) is 0 Å². The molecule has 0 saturated carbocycles. The molecule has 2 heterocycles. The largest absolute Gasteiger partial charge is 0.444 e. The molecule has 0 aliphatic carbocycles. The van der Waals surface area contributed by atoms with E-state index in [4.69, 9.17) is 4.74 Å². The first-order valence-corrected chi connectivity index (χ1v) is 7.08. The molecule has 0 saturated heterocycles. The highest BCUT2D eigenvalue weighted by atomic mass is 16.6. The standard InChI is InChI=1S/C15H22N4O2/c1-15(2,3)21-14(20)19-9-8-17-13(11-19)18-10-12-4-6-16-7-5-12/h4-7H,8-11H2,1-3H3,(H,17,18). The zero-order valence-corrected chi connectivity index (χ0v) is 12.8. The molecule has 114 valence electrons. The number of hydrogen-bond acceptors (Lipinski definition) is 5. The Labute approximate surface area is 125 Å². The molecule has 1 aromatic rings. The summed E-state index contributed by atoms with van der Waals surface area (Å²) < 4.78 is 5.38. The van der Waals surface area contributed by atoms with Crippen molar-refractivity contribution in [1.82, 2.24) is 15.2 Å². The van der Waals surface area contributed by atoms with E-state index >= 15 is 0 Å². The molecule has 0 atom stereocenters. The topological polar surface area (TPSA) is 66.8 Å². The van der Waals surface area contributed by atoms with Gasteiger partial charge < -0.3 is 10.1 Å². The van der Waals surface area contributed by atoms with Crippen molar-refractivity contribution in [3.63, 3.8) is 0 Å². The molecule has 2 rings (SSSR count). The predicted molar refractivity (Wildman–Crippen MR) is 81.2 cm³/mol. The van der Waals surface area contributed by atoms with E-state index in [-0.39, 0.29) is 6.09 Å². The smallest absolute Gasteiger partial charge is 0.410 e. The van der Waals surface area contributed by atoms with Crippen LogP contribution < -0.4 is 5.32 Å². The summed E-state index contributed by atoms with van der Waals surface area (Å²) in [5, 5.41) is 3.26. The third-order valence-corrected chi connectivity index (χ3v) is 2.91. The third kappa shape index (κ3) is 5.06. The lowest BCUT2D eigenvalue weighted by Crippen LogP contribution is -2.47. The number of pyridine rings is 1. The first-order valence-electron chi connectivity index (χ1n) is 7.08. The van der Waals surface area contributed by atoms with Crippen molar-refractivity contribution >= 4 is 11.9 Å². The van der Waals surface area contributed by atoms with Crippen LogP contribution in [0.5, 0.6) is 0 Å². The van der Waals surface area contributed by atoms with Gasteiger partial charge in [-0.2, -0.15) is 0 Å². The van der Waals surface area contributed by atoms with E-state index in [1.807, 2.05) is 32.9 Å². The molecule has 1 N–H and O–H groups in total. The molecule has 21 heavy (non-hydrogen) atoms. The highest BCUT2D eigenvalue weighted by Gasteiger charge is 2.24. The van der Waals surface area contributed by atoms with Crippen LogP contribution in [-0.4, -0.2) is 47.0 Å². The minimum absolute atomic E-state index is 0.291. The molecule has 0 fully saturated rings. The summed E-state index contributed by atoms with van der Waals surface area (Å²) in [4.78, 5) is 22.1. The average Bonchev–Trinajstić information content (AvgIpc) is 2.45. The normalized spacial score (nSPS) is 15.4. The Morgan fingerprint density at radius 1 is 1.38 bits per heavy atom. The Hall–Kier alpha value is -2.11. The van der Waals surface area contributed by atoms with E-state index in [0.717, 1.165) is 11.4 Å². The van der Waals surface area contributed by atoms with Crippen molar-refractivity contribution in [3.05, 3.63) is 30.1 Å². The molecule has 1 aromatic heterocycles. The highest BCUT2D eigenvalue weighted by molar-refractivity contribution is 5.87. The van der Waals surface area contributed by atoms with Gasteiger partial charge in [0.15, 0.2) is 0 Å². The first kappa shape index (κ1) is 15.3. The third-order valence-electron chi connectivity index (χ3n) is 2.91. The van der Waals surface area contributed by atoms with E-state index in [9.17, 15) is 4.79 Å². The second-order valence-electron chi connectivity index (χ2n) is 5.94.